The van der Waals surface area contributed by atoms with Gasteiger partial charge in [-0.1, -0.05) is 0 Å². The highest BCUT2D eigenvalue weighted by Crippen LogP contribution is 2.30. The van der Waals surface area contributed by atoms with E-state index < -0.39 is 23.9 Å². The number of anilines is 3. The van der Waals surface area contributed by atoms with E-state index in [9.17, 15) is 18.0 Å². The average Bonchev–Trinajstić information content (AvgIpc) is 2.60. The standard InChI is InChI=1S/C16H17F3N4O3/c1-9(8-24)20-15-22-12(16(17,18)19)7-13(23-15)21-11-5-3-10(4-6-11)14(25)26-2/h3-7,9,24H,8H2,1-2H3,(H2,20,21,22,23)/t9-/m1/s1. The Morgan fingerprint density at radius 2 is 1.92 bits per heavy atom. The predicted octanol–water partition coefficient (Wildman–Crippen LogP) is 2.82. The Morgan fingerprint density at radius 3 is 2.46 bits per heavy atom. The van der Waals surface area contributed by atoms with Crippen molar-refractivity contribution in [1.29, 1.82) is 0 Å². The first-order valence-corrected chi connectivity index (χ1v) is 7.52. The molecule has 0 saturated heterocycles. The van der Waals surface area contributed by atoms with Gasteiger partial charge in [0, 0.05) is 17.8 Å². The molecule has 1 aromatic carbocycles. The number of methoxy groups -OCH3 is 1. The van der Waals surface area contributed by atoms with E-state index in [0.29, 0.717) is 11.3 Å². The van der Waals surface area contributed by atoms with Crippen LogP contribution in [0.5, 0.6) is 0 Å². The van der Waals surface area contributed by atoms with Gasteiger partial charge < -0.3 is 20.5 Å². The van der Waals surface area contributed by atoms with E-state index >= 15 is 0 Å². The summed E-state index contributed by atoms with van der Waals surface area (Å²) >= 11 is 0. The van der Waals surface area contributed by atoms with Crippen molar-refractivity contribution in [2.75, 3.05) is 24.4 Å². The first kappa shape index (κ1) is 19.4. The molecule has 0 fully saturated rings. The van der Waals surface area contributed by atoms with E-state index in [1.54, 1.807) is 6.92 Å². The van der Waals surface area contributed by atoms with E-state index in [0.717, 1.165) is 6.07 Å². The Bertz CT molecular complexity index is 766. The van der Waals surface area contributed by atoms with Gasteiger partial charge in [-0.05, 0) is 31.2 Å². The van der Waals surface area contributed by atoms with Gasteiger partial charge in [-0.3, -0.25) is 0 Å². The van der Waals surface area contributed by atoms with Gasteiger partial charge in [-0.15, -0.1) is 0 Å². The summed E-state index contributed by atoms with van der Waals surface area (Å²) in [5.74, 6) is -0.886. The molecule has 10 heteroatoms. The van der Waals surface area contributed by atoms with Crippen LogP contribution in [0.2, 0.25) is 0 Å². The van der Waals surface area contributed by atoms with E-state index in [1.165, 1.54) is 31.4 Å². The zero-order valence-corrected chi connectivity index (χ0v) is 14.0. The van der Waals surface area contributed by atoms with Gasteiger partial charge in [0.15, 0.2) is 5.69 Å². The normalized spacial score (nSPS) is 12.4. The van der Waals surface area contributed by atoms with Crippen molar-refractivity contribution in [3.05, 3.63) is 41.6 Å². The van der Waals surface area contributed by atoms with Gasteiger partial charge in [0.1, 0.15) is 5.82 Å². The second-order valence-electron chi connectivity index (χ2n) is 5.38. The fourth-order valence-corrected chi connectivity index (χ4v) is 1.94. The lowest BCUT2D eigenvalue weighted by Crippen LogP contribution is -2.22. The molecule has 1 heterocycles. The topological polar surface area (TPSA) is 96.4 Å². The van der Waals surface area contributed by atoms with Crippen molar-refractivity contribution in [1.82, 2.24) is 9.97 Å². The second-order valence-corrected chi connectivity index (χ2v) is 5.38. The van der Waals surface area contributed by atoms with Gasteiger partial charge in [-0.25, -0.2) is 9.78 Å². The molecule has 0 unspecified atom stereocenters. The second kappa shape index (κ2) is 8.00. The van der Waals surface area contributed by atoms with Crippen molar-refractivity contribution in [3.63, 3.8) is 0 Å². The number of benzene rings is 1. The number of nitrogens with zero attached hydrogens (tertiary/aromatic N) is 2. The Kier molecular flexibility index (Phi) is 5.98. The first-order valence-electron chi connectivity index (χ1n) is 7.52. The number of halogens is 3. The zero-order valence-electron chi connectivity index (χ0n) is 14.0. The van der Waals surface area contributed by atoms with Crippen molar-refractivity contribution in [2.45, 2.75) is 19.1 Å². The van der Waals surface area contributed by atoms with Crippen LogP contribution in [0.25, 0.3) is 0 Å². The highest BCUT2D eigenvalue weighted by molar-refractivity contribution is 5.89. The Morgan fingerprint density at radius 1 is 1.27 bits per heavy atom. The Balaban J connectivity index is 2.29. The van der Waals surface area contributed by atoms with E-state index in [-0.39, 0.29) is 18.4 Å². The molecule has 0 amide bonds. The predicted molar refractivity (Wildman–Crippen MR) is 88.3 cm³/mol. The molecular weight excluding hydrogens is 353 g/mol. The lowest BCUT2D eigenvalue weighted by Gasteiger charge is -2.15. The molecule has 140 valence electrons. The fourth-order valence-electron chi connectivity index (χ4n) is 1.94. The molecule has 0 aliphatic rings. The number of aromatic nitrogens is 2. The third-order valence-electron chi connectivity index (χ3n) is 3.24. The third kappa shape index (κ3) is 5.06. The van der Waals surface area contributed by atoms with Crippen LogP contribution in [0.1, 0.15) is 23.0 Å². The molecule has 26 heavy (non-hydrogen) atoms. The largest absolute Gasteiger partial charge is 0.465 e. The molecule has 2 rings (SSSR count). The summed E-state index contributed by atoms with van der Waals surface area (Å²) in [4.78, 5) is 18.8. The molecule has 0 spiro atoms. The smallest absolute Gasteiger partial charge is 0.433 e. The average molecular weight is 370 g/mol. The number of carbonyl (C=O) groups is 1. The summed E-state index contributed by atoms with van der Waals surface area (Å²) in [5.41, 5.74) is -0.407. The van der Waals surface area contributed by atoms with Crippen LogP contribution in [0.15, 0.2) is 30.3 Å². The number of nitrogens with one attached hydrogen (secondary N) is 2. The minimum atomic E-state index is -4.66. The van der Waals surface area contributed by atoms with E-state index in [2.05, 4.69) is 25.3 Å². The molecule has 0 saturated carbocycles. The van der Waals surface area contributed by atoms with Crippen molar-refractivity contribution < 1.29 is 27.8 Å². The quantitative estimate of drug-likeness (QED) is 0.673. The van der Waals surface area contributed by atoms with Crippen LogP contribution >= 0.6 is 0 Å². The number of rotatable bonds is 6. The number of aliphatic hydroxyl groups excluding tert-OH is 1. The SMILES string of the molecule is COC(=O)c1ccc(Nc2cc(C(F)(F)F)nc(N[C@H](C)CO)n2)cc1. The van der Waals surface area contributed by atoms with Gasteiger partial charge >= 0.3 is 12.1 Å². The third-order valence-corrected chi connectivity index (χ3v) is 3.24. The van der Waals surface area contributed by atoms with Crippen LogP contribution < -0.4 is 10.6 Å². The monoisotopic (exact) mass is 370 g/mol. The Hall–Kier alpha value is -2.88. The van der Waals surface area contributed by atoms with E-state index in [1.807, 2.05) is 0 Å². The van der Waals surface area contributed by atoms with Crippen LogP contribution in [-0.4, -0.2) is 40.8 Å². The maximum Gasteiger partial charge on any atom is 0.433 e. The summed E-state index contributed by atoms with van der Waals surface area (Å²) in [5, 5.41) is 14.3. The molecule has 3 N–H and O–H groups in total. The summed E-state index contributed by atoms with van der Waals surface area (Å²) in [6.07, 6.45) is -4.66. The van der Waals surface area contributed by atoms with Crippen molar-refractivity contribution in [3.8, 4) is 0 Å². The fraction of sp³-hybridized carbons (Fsp3) is 0.312. The number of hydrogen-bond donors (Lipinski definition) is 3. The molecule has 0 aliphatic carbocycles. The molecule has 7 nitrogen and oxygen atoms in total. The molecule has 1 aromatic heterocycles. The van der Waals surface area contributed by atoms with Gasteiger partial charge in [0.2, 0.25) is 5.95 Å². The number of aliphatic hydroxyl groups is 1. The van der Waals surface area contributed by atoms with Crippen LogP contribution in [0.3, 0.4) is 0 Å². The summed E-state index contributed by atoms with van der Waals surface area (Å²) < 4.78 is 43.7. The highest BCUT2D eigenvalue weighted by Gasteiger charge is 2.34. The summed E-state index contributed by atoms with van der Waals surface area (Å²) in [6.45, 7) is 1.28. The molecule has 0 aliphatic heterocycles. The molecule has 0 radical (unpaired) electrons. The Labute approximate surface area is 147 Å². The summed E-state index contributed by atoms with van der Waals surface area (Å²) in [6, 6.07) is 6.19. The molecule has 1 atom stereocenters. The highest BCUT2D eigenvalue weighted by atomic mass is 19.4. The number of esters is 1. The zero-order chi connectivity index (χ0) is 19.3. The first-order chi connectivity index (χ1) is 12.2. The van der Waals surface area contributed by atoms with Crippen molar-refractivity contribution in [2.24, 2.45) is 0 Å². The number of carbonyl (C=O) groups excluding carboxylic acids is 1. The van der Waals surface area contributed by atoms with Gasteiger partial charge in [-0.2, -0.15) is 18.2 Å². The van der Waals surface area contributed by atoms with Crippen molar-refractivity contribution >= 4 is 23.4 Å². The van der Waals surface area contributed by atoms with Gasteiger partial charge in [0.05, 0.1) is 19.3 Å². The molecule has 0 bridgehead atoms. The van der Waals surface area contributed by atoms with Crippen LogP contribution in [0.4, 0.5) is 30.6 Å². The molecule has 2 aromatic rings. The number of alkyl halides is 3. The maximum atomic E-state index is 13.0. The number of ether oxygens (including phenoxy) is 1. The van der Waals surface area contributed by atoms with Crippen LogP contribution in [0, 0.1) is 0 Å². The van der Waals surface area contributed by atoms with E-state index in [4.69, 9.17) is 5.11 Å². The lowest BCUT2D eigenvalue weighted by atomic mass is 10.2. The van der Waals surface area contributed by atoms with Gasteiger partial charge in [0.25, 0.3) is 0 Å². The molecular formula is C16H17F3N4O3. The maximum absolute atomic E-state index is 13.0. The minimum Gasteiger partial charge on any atom is -0.465 e. The van der Waals surface area contributed by atoms with Crippen LogP contribution in [-0.2, 0) is 10.9 Å². The lowest BCUT2D eigenvalue weighted by molar-refractivity contribution is -0.141. The minimum absolute atomic E-state index is 0.0919. The number of hydrogen-bond acceptors (Lipinski definition) is 7. The summed E-state index contributed by atoms with van der Waals surface area (Å²) in [7, 11) is 1.25.